The first-order valence-electron chi connectivity index (χ1n) is 6.62. The quantitative estimate of drug-likeness (QED) is 0.601. The van der Waals surface area contributed by atoms with Gasteiger partial charge < -0.3 is 14.2 Å². The highest BCUT2D eigenvalue weighted by molar-refractivity contribution is 7.08. The van der Waals surface area contributed by atoms with Crippen LogP contribution in [-0.4, -0.2) is 41.5 Å². The Hall–Kier alpha value is -1.99. The largest absolute Gasteiger partial charge is 0.491 e. The Morgan fingerprint density at radius 2 is 2.38 bits per heavy atom. The second-order valence-corrected chi connectivity index (χ2v) is 5.22. The molecule has 0 saturated carbocycles. The maximum absolute atomic E-state index is 11.9. The average molecular weight is 306 g/mol. The highest BCUT2D eigenvalue weighted by Gasteiger charge is 2.23. The minimum atomic E-state index is -0.403. The fraction of sp³-hybridized carbons (Fsp3) is 0.357. The van der Waals surface area contributed by atoms with Crippen LogP contribution in [0.2, 0.25) is 0 Å². The maximum Gasteiger partial charge on any atom is 0.352 e. The summed E-state index contributed by atoms with van der Waals surface area (Å²) in [6, 6.07) is 7.41. The van der Waals surface area contributed by atoms with E-state index in [0.717, 1.165) is 23.7 Å². The third-order valence-corrected chi connectivity index (χ3v) is 3.60. The minimum Gasteiger partial charge on any atom is -0.491 e. The monoisotopic (exact) mass is 306 g/mol. The van der Waals surface area contributed by atoms with Crippen molar-refractivity contribution < 1.29 is 19.0 Å². The zero-order valence-corrected chi connectivity index (χ0v) is 12.3. The van der Waals surface area contributed by atoms with Crippen molar-refractivity contribution in [3.8, 4) is 17.0 Å². The first-order chi connectivity index (χ1) is 10.3. The minimum absolute atomic E-state index is 0.199. The van der Waals surface area contributed by atoms with Gasteiger partial charge in [-0.05, 0) is 30.6 Å². The summed E-state index contributed by atoms with van der Waals surface area (Å²) in [4.78, 5) is 12.3. The van der Waals surface area contributed by atoms with Crippen molar-refractivity contribution in [2.24, 2.45) is 0 Å². The number of aromatic nitrogens is 2. The molecule has 1 fully saturated rings. The van der Waals surface area contributed by atoms with Gasteiger partial charge in [-0.1, -0.05) is 16.6 Å². The molecule has 6 nitrogen and oxygen atoms in total. The predicted molar refractivity (Wildman–Crippen MR) is 76.5 cm³/mol. The Morgan fingerprint density at radius 3 is 3.14 bits per heavy atom. The van der Waals surface area contributed by atoms with Gasteiger partial charge in [0.2, 0.25) is 0 Å². The molecule has 21 heavy (non-hydrogen) atoms. The molecule has 2 heterocycles. The number of carbonyl (C=O) groups excluding carboxylic acids is 1. The van der Waals surface area contributed by atoms with Crippen LogP contribution in [0.5, 0.6) is 5.75 Å². The van der Waals surface area contributed by atoms with Gasteiger partial charge in [-0.15, -0.1) is 5.10 Å². The van der Waals surface area contributed by atoms with E-state index in [1.807, 2.05) is 24.3 Å². The van der Waals surface area contributed by atoms with E-state index in [1.165, 1.54) is 0 Å². The van der Waals surface area contributed by atoms with Gasteiger partial charge in [0.1, 0.15) is 24.2 Å². The summed E-state index contributed by atoms with van der Waals surface area (Å²) in [6.45, 7) is 3.37. The molecule has 1 saturated heterocycles. The van der Waals surface area contributed by atoms with E-state index in [4.69, 9.17) is 14.2 Å². The summed E-state index contributed by atoms with van der Waals surface area (Å²) < 4.78 is 19.6. The van der Waals surface area contributed by atoms with Crippen molar-refractivity contribution in [3.05, 3.63) is 29.1 Å². The average Bonchev–Trinajstić information content (AvgIpc) is 3.19. The lowest BCUT2D eigenvalue weighted by Gasteiger charge is -2.06. The summed E-state index contributed by atoms with van der Waals surface area (Å²) in [5.74, 6) is 0.311. The summed E-state index contributed by atoms with van der Waals surface area (Å²) in [5.41, 5.74) is 1.30. The van der Waals surface area contributed by atoms with Crippen LogP contribution in [0.3, 0.4) is 0 Å². The maximum atomic E-state index is 11.9. The lowest BCUT2D eigenvalue weighted by atomic mass is 10.1. The van der Waals surface area contributed by atoms with Crippen LogP contribution in [0, 0.1) is 0 Å². The molecule has 1 aliphatic heterocycles. The SMILES string of the molecule is CCOC(=O)c1snnc1-c1cccc(OCC2CO2)c1. The molecule has 0 amide bonds. The van der Waals surface area contributed by atoms with E-state index in [2.05, 4.69) is 9.59 Å². The van der Waals surface area contributed by atoms with E-state index in [1.54, 1.807) is 6.92 Å². The Labute approximate surface area is 125 Å². The summed E-state index contributed by atoms with van der Waals surface area (Å²) in [5, 5.41) is 4.03. The fourth-order valence-corrected chi connectivity index (χ4v) is 2.38. The van der Waals surface area contributed by atoms with Gasteiger partial charge in [0.15, 0.2) is 4.88 Å². The Morgan fingerprint density at radius 1 is 1.52 bits per heavy atom. The van der Waals surface area contributed by atoms with Gasteiger partial charge in [-0.2, -0.15) is 0 Å². The second-order valence-electron chi connectivity index (χ2n) is 4.47. The van der Waals surface area contributed by atoms with Gasteiger partial charge in [0.05, 0.1) is 13.2 Å². The van der Waals surface area contributed by atoms with Crippen LogP contribution < -0.4 is 4.74 Å². The molecule has 1 aromatic carbocycles. The Bertz CT molecular complexity index is 639. The summed E-state index contributed by atoms with van der Waals surface area (Å²) in [7, 11) is 0. The van der Waals surface area contributed by atoms with Gasteiger partial charge >= 0.3 is 5.97 Å². The molecule has 0 radical (unpaired) electrons. The molecule has 0 spiro atoms. The fourth-order valence-electron chi connectivity index (χ4n) is 1.80. The topological polar surface area (TPSA) is 73.8 Å². The van der Waals surface area contributed by atoms with E-state index in [-0.39, 0.29) is 6.10 Å². The van der Waals surface area contributed by atoms with Crippen molar-refractivity contribution in [2.45, 2.75) is 13.0 Å². The first kappa shape index (κ1) is 14.0. The Kier molecular flexibility index (Phi) is 4.12. The number of rotatable bonds is 6. The molecule has 1 unspecified atom stereocenters. The number of benzene rings is 1. The number of ether oxygens (including phenoxy) is 3. The van der Waals surface area contributed by atoms with Crippen LogP contribution in [0.1, 0.15) is 16.6 Å². The smallest absolute Gasteiger partial charge is 0.352 e. The zero-order valence-electron chi connectivity index (χ0n) is 11.4. The molecule has 7 heteroatoms. The molecule has 1 aromatic heterocycles. The van der Waals surface area contributed by atoms with Crippen LogP contribution in [0.15, 0.2) is 24.3 Å². The normalized spacial score (nSPS) is 16.5. The first-order valence-corrected chi connectivity index (χ1v) is 7.39. The van der Waals surface area contributed by atoms with Crippen molar-refractivity contribution >= 4 is 17.5 Å². The number of carbonyl (C=O) groups is 1. The molecular weight excluding hydrogens is 292 g/mol. The summed E-state index contributed by atoms with van der Waals surface area (Å²) in [6.07, 6.45) is 0.199. The highest BCUT2D eigenvalue weighted by Crippen LogP contribution is 2.28. The van der Waals surface area contributed by atoms with Gasteiger partial charge in [0.25, 0.3) is 0 Å². The second kappa shape index (κ2) is 6.19. The van der Waals surface area contributed by atoms with Crippen molar-refractivity contribution in [3.63, 3.8) is 0 Å². The zero-order chi connectivity index (χ0) is 14.7. The molecule has 0 bridgehead atoms. The molecule has 110 valence electrons. The van der Waals surface area contributed by atoms with Gasteiger partial charge in [-0.25, -0.2) is 4.79 Å². The molecular formula is C14H14N2O4S. The Balaban J connectivity index is 1.81. The van der Waals surface area contributed by atoms with Crippen LogP contribution in [-0.2, 0) is 9.47 Å². The van der Waals surface area contributed by atoms with Gasteiger partial charge in [-0.3, -0.25) is 0 Å². The number of hydrogen-bond donors (Lipinski definition) is 0. The van der Waals surface area contributed by atoms with Crippen LogP contribution in [0.25, 0.3) is 11.3 Å². The number of esters is 1. The third-order valence-electron chi connectivity index (χ3n) is 2.89. The number of epoxide rings is 1. The molecule has 1 atom stereocenters. The van der Waals surface area contributed by atoms with Crippen LogP contribution >= 0.6 is 11.5 Å². The molecule has 3 rings (SSSR count). The molecule has 2 aromatic rings. The van der Waals surface area contributed by atoms with Gasteiger partial charge in [0, 0.05) is 5.56 Å². The van der Waals surface area contributed by atoms with Crippen molar-refractivity contribution in [1.29, 1.82) is 0 Å². The van der Waals surface area contributed by atoms with Crippen LogP contribution in [0.4, 0.5) is 0 Å². The van der Waals surface area contributed by atoms with Crippen molar-refractivity contribution in [2.75, 3.05) is 19.8 Å². The van der Waals surface area contributed by atoms with E-state index >= 15 is 0 Å². The van der Waals surface area contributed by atoms with E-state index in [9.17, 15) is 4.79 Å². The van der Waals surface area contributed by atoms with Crippen molar-refractivity contribution in [1.82, 2.24) is 9.59 Å². The molecule has 0 N–H and O–H groups in total. The standard InChI is InChI=1S/C14H14N2O4S/c1-2-18-14(17)13-12(15-16-21-13)9-4-3-5-10(6-9)19-7-11-8-20-11/h3-6,11H,2,7-8H2,1H3. The number of hydrogen-bond acceptors (Lipinski definition) is 7. The van der Waals surface area contributed by atoms with E-state index in [0.29, 0.717) is 29.5 Å². The predicted octanol–water partition coefficient (Wildman–Crippen LogP) is 2.16. The summed E-state index contributed by atoms with van der Waals surface area (Å²) >= 11 is 1.03. The lowest BCUT2D eigenvalue weighted by molar-refractivity contribution is 0.0532. The third kappa shape index (κ3) is 3.37. The lowest BCUT2D eigenvalue weighted by Crippen LogP contribution is -2.05. The molecule has 1 aliphatic rings. The number of nitrogens with zero attached hydrogens (tertiary/aromatic N) is 2. The highest BCUT2D eigenvalue weighted by atomic mass is 32.1. The molecule has 0 aliphatic carbocycles. The van der Waals surface area contributed by atoms with E-state index < -0.39 is 5.97 Å².